The van der Waals surface area contributed by atoms with Crippen LogP contribution < -0.4 is 4.74 Å². The van der Waals surface area contributed by atoms with Crippen LogP contribution in [0.15, 0.2) is 103 Å². The number of carbonyl (C=O) groups excluding carboxylic acids is 1. The molecule has 4 atom stereocenters. The Bertz CT molecular complexity index is 1400. The first-order valence-electron chi connectivity index (χ1n) is 13.5. The molecule has 4 unspecified atom stereocenters. The summed E-state index contributed by atoms with van der Waals surface area (Å²) < 4.78 is 11.1. The summed E-state index contributed by atoms with van der Waals surface area (Å²) in [7, 11) is 1.69. The summed E-state index contributed by atoms with van der Waals surface area (Å²) in [5, 5.41) is 0. The molecule has 0 spiro atoms. The number of nitrogens with zero attached hydrogens (tertiary/aromatic N) is 1. The number of carbonyl (C=O) groups is 1. The standard InChI is InChI=1S/C34H33NO3/c1-3-38-34(36)32-30-21-27-20-26(24-10-6-4-7-11-24)16-19-29(27)33(31(32)25-12-8-5-9-13-25)35(30)22-23-14-17-28(37-2)18-15-23/h4-20,30-33H,3,21-22H2,1-2H3. The number of benzene rings is 4. The molecule has 4 heteroatoms. The highest BCUT2D eigenvalue weighted by Gasteiger charge is 2.56. The molecule has 0 aromatic heterocycles. The van der Waals surface area contributed by atoms with E-state index in [0.29, 0.717) is 6.61 Å². The number of fused-ring (bicyclic) bond motifs is 4. The molecule has 4 nitrogen and oxygen atoms in total. The predicted molar refractivity (Wildman–Crippen MR) is 150 cm³/mol. The molecule has 4 aromatic rings. The van der Waals surface area contributed by atoms with Crippen LogP contribution in [0.3, 0.4) is 0 Å². The third-order valence-corrected chi connectivity index (χ3v) is 8.19. The van der Waals surface area contributed by atoms with Gasteiger partial charge in [-0.15, -0.1) is 0 Å². The summed E-state index contributed by atoms with van der Waals surface area (Å²) in [6.07, 6.45) is 0.815. The first kappa shape index (κ1) is 24.4. The Balaban J connectivity index is 1.47. The Morgan fingerprint density at radius 1 is 0.868 bits per heavy atom. The van der Waals surface area contributed by atoms with E-state index in [0.717, 1.165) is 18.7 Å². The summed E-state index contributed by atoms with van der Waals surface area (Å²) >= 11 is 0. The number of hydrogen-bond donors (Lipinski definition) is 0. The van der Waals surface area contributed by atoms with Crippen molar-refractivity contribution in [2.45, 2.75) is 37.9 Å². The monoisotopic (exact) mass is 503 g/mol. The lowest BCUT2D eigenvalue weighted by Crippen LogP contribution is -2.41. The van der Waals surface area contributed by atoms with Gasteiger partial charge in [0.2, 0.25) is 0 Å². The maximum Gasteiger partial charge on any atom is 0.311 e. The fourth-order valence-electron chi connectivity index (χ4n) is 6.54. The molecule has 1 saturated heterocycles. The molecule has 4 aromatic carbocycles. The van der Waals surface area contributed by atoms with Crippen LogP contribution in [0.2, 0.25) is 0 Å². The predicted octanol–water partition coefficient (Wildman–Crippen LogP) is 6.81. The summed E-state index contributed by atoms with van der Waals surface area (Å²) in [5.41, 5.74) is 7.48. The second kappa shape index (κ2) is 10.5. The van der Waals surface area contributed by atoms with E-state index < -0.39 is 0 Å². The van der Waals surface area contributed by atoms with Gasteiger partial charge >= 0.3 is 5.97 Å². The lowest BCUT2D eigenvalue weighted by Gasteiger charge is -2.38. The molecule has 6 rings (SSSR count). The smallest absolute Gasteiger partial charge is 0.311 e. The van der Waals surface area contributed by atoms with Crippen molar-refractivity contribution in [1.82, 2.24) is 4.90 Å². The highest BCUT2D eigenvalue weighted by Crippen LogP contribution is 2.56. The molecule has 2 bridgehead atoms. The zero-order valence-corrected chi connectivity index (χ0v) is 21.9. The zero-order valence-electron chi connectivity index (χ0n) is 21.9. The minimum Gasteiger partial charge on any atom is -0.497 e. The second-order valence-corrected chi connectivity index (χ2v) is 10.2. The van der Waals surface area contributed by atoms with Crippen LogP contribution in [0, 0.1) is 5.92 Å². The van der Waals surface area contributed by atoms with Crippen LogP contribution in [0.1, 0.15) is 41.1 Å². The molecule has 0 amide bonds. The Hall–Kier alpha value is -3.89. The summed E-state index contributed by atoms with van der Waals surface area (Å²) in [6, 6.07) is 36.3. The van der Waals surface area contributed by atoms with Gasteiger partial charge in [0.1, 0.15) is 5.75 Å². The lowest BCUT2D eigenvalue weighted by molar-refractivity contribution is -0.149. The summed E-state index contributed by atoms with van der Waals surface area (Å²) in [5.74, 6) is 0.529. The van der Waals surface area contributed by atoms with Crippen molar-refractivity contribution in [3.63, 3.8) is 0 Å². The highest BCUT2D eigenvalue weighted by molar-refractivity contribution is 5.77. The van der Waals surface area contributed by atoms with Gasteiger partial charge in [0, 0.05) is 24.5 Å². The van der Waals surface area contributed by atoms with E-state index in [1.165, 1.54) is 33.4 Å². The van der Waals surface area contributed by atoms with E-state index in [-0.39, 0.29) is 29.9 Å². The van der Waals surface area contributed by atoms with Gasteiger partial charge in [0.25, 0.3) is 0 Å². The van der Waals surface area contributed by atoms with Crippen LogP contribution in [0.25, 0.3) is 11.1 Å². The second-order valence-electron chi connectivity index (χ2n) is 10.2. The Morgan fingerprint density at radius 3 is 2.26 bits per heavy atom. The Kier molecular flexibility index (Phi) is 6.73. The van der Waals surface area contributed by atoms with Gasteiger partial charge in [-0.1, -0.05) is 91.0 Å². The van der Waals surface area contributed by atoms with Gasteiger partial charge < -0.3 is 9.47 Å². The third-order valence-electron chi connectivity index (χ3n) is 8.19. The molecule has 38 heavy (non-hydrogen) atoms. The van der Waals surface area contributed by atoms with Gasteiger partial charge in [0.05, 0.1) is 19.6 Å². The van der Waals surface area contributed by atoms with Crippen LogP contribution in [0.5, 0.6) is 5.75 Å². The number of esters is 1. The first-order valence-corrected chi connectivity index (χ1v) is 13.5. The maximum atomic E-state index is 13.6. The van der Waals surface area contributed by atoms with Crippen molar-refractivity contribution in [2.24, 2.45) is 5.92 Å². The molecule has 192 valence electrons. The lowest BCUT2D eigenvalue weighted by atomic mass is 9.81. The van der Waals surface area contributed by atoms with E-state index in [1.54, 1.807) is 7.11 Å². The SMILES string of the molecule is CCOC(=O)C1C(c2ccccc2)C2c3ccc(-c4ccccc4)cc3CC1N2Cc1ccc(OC)cc1. The average Bonchev–Trinajstić information content (AvgIpc) is 3.18. The Labute approximate surface area is 224 Å². The molecule has 2 aliphatic rings. The fourth-order valence-corrected chi connectivity index (χ4v) is 6.54. The summed E-state index contributed by atoms with van der Waals surface area (Å²) in [4.78, 5) is 16.2. The van der Waals surface area contributed by atoms with Gasteiger partial charge in [-0.3, -0.25) is 9.69 Å². The Morgan fingerprint density at radius 2 is 1.58 bits per heavy atom. The quantitative estimate of drug-likeness (QED) is 0.260. The van der Waals surface area contributed by atoms with Crippen LogP contribution in [-0.2, 0) is 22.5 Å². The van der Waals surface area contributed by atoms with Gasteiger partial charge in [0.15, 0.2) is 0 Å². The van der Waals surface area contributed by atoms with Gasteiger partial charge in [-0.25, -0.2) is 0 Å². The highest BCUT2D eigenvalue weighted by atomic mass is 16.5. The van der Waals surface area contributed by atoms with Crippen LogP contribution >= 0.6 is 0 Å². The van der Waals surface area contributed by atoms with E-state index in [9.17, 15) is 4.79 Å². The molecule has 1 fully saturated rings. The fraction of sp³-hybridized carbons (Fsp3) is 0.265. The van der Waals surface area contributed by atoms with E-state index in [4.69, 9.17) is 9.47 Å². The van der Waals surface area contributed by atoms with Crippen molar-refractivity contribution in [2.75, 3.05) is 13.7 Å². The van der Waals surface area contributed by atoms with Crippen molar-refractivity contribution < 1.29 is 14.3 Å². The molecule has 0 saturated carbocycles. The number of ether oxygens (including phenoxy) is 2. The van der Waals surface area contributed by atoms with Crippen molar-refractivity contribution in [3.05, 3.63) is 125 Å². The minimum absolute atomic E-state index is 0.0160. The zero-order chi connectivity index (χ0) is 26.1. The average molecular weight is 504 g/mol. The number of hydrogen-bond acceptors (Lipinski definition) is 4. The van der Waals surface area contributed by atoms with Gasteiger partial charge in [-0.2, -0.15) is 0 Å². The summed E-state index contributed by atoms with van der Waals surface area (Å²) in [6.45, 7) is 3.04. The molecule has 2 heterocycles. The minimum atomic E-state index is -0.242. The third kappa shape index (κ3) is 4.39. The van der Waals surface area contributed by atoms with Crippen molar-refractivity contribution in [3.8, 4) is 16.9 Å². The molecule has 2 aliphatic heterocycles. The maximum absolute atomic E-state index is 13.6. The van der Waals surface area contributed by atoms with E-state index in [1.807, 2.05) is 31.2 Å². The molecule has 0 aliphatic carbocycles. The normalized spacial score (nSPS) is 22.1. The van der Waals surface area contributed by atoms with Gasteiger partial charge in [-0.05, 0) is 58.9 Å². The molecule has 0 radical (unpaired) electrons. The van der Waals surface area contributed by atoms with Crippen molar-refractivity contribution in [1.29, 1.82) is 0 Å². The molecular formula is C34H33NO3. The molecular weight excluding hydrogens is 470 g/mol. The topological polar surface area (TPSA) is 38.8 Å². The van der Waals surface area contributed by atoms with Crippen LogP contribution in [0.4, 0.5) is 0 Å². The van der Waals surface area contributed by atoms with Crippen molar-refractivity contribution >= 4 is 5.97 Å². The first-order chi connectivity index (χ1) is 18.7. The molecule has 0 N–H and O–H groups in total. The van der Waals surface area contributed by atoms with E-state index in [2.05, 4.69) is 83.8 Å². The number of methoxy groups -OCH3 is 1. The van der Waals surface area contributed by atoms with Crippen LogP contribution in [-0.4, -0.2) is 30.6 Å². The van der Waals surface area contributed by atoms with E-state index >= 15 is 0 Å². The largest absolute Gasteiger partial charge is 0.497 e. The number of rotatable bonds is 7.